The lowest BCUT2D eigenvalue weighted by molar-refractivity contribution is -0.118. The summed E-state index contributed by atoms with van der Waals surface area (Å²) in [5.41, 5.74) is 1.61. The molecule has 1 aromatic heterocycles. The van der Waals surface area contributed by atoms with Gasteiger partial charge in [0, 0.05) is 13.1 Å². The minimum Gasteiger partial charge on any atom is -0.355 e. The maximum Gasteiger partial charge on any atom is 0.253 e. The Morgan fingerprint density at radius 3 is 2.46 bits per heavy atom. The second-order valence-electron chi connectivity index (χ2n) is 8.59. The van der Waals surface area contributed by atoms with Gasteiger partial charge in [-0.15, -0.1) is 10.2 Å². The summed E-state index contributed by atoms with van der Waals surface area (Å²) in [4.78, 5) is 25.3. The first-order chi connectivity index (χ1) is 16.9. The van der Waals surface area contributed by atoms with Crippen molar-refractivity contribution in [2.24, 2.45) is 5.92 Å². The number of hydrogen-bond donors (Lipinski definition) is 2. The van der Waals surface area contributed by atoms with Crippen LogP contribution in [0.15, 0.2) is 59.8 Å². The molecule has 0 aliphatic rings. The van der Waals surface area contributed by atoms with Gasteiger partial charge in [0.25, 0.3) is 5.91 Å². The summed E-state index contributed by atoms with van der Waals surface area (Å²) >= 11 is 7.57. The topological polar surface area (TPSA) is 88.9 Å². The maximum absolute atomic E-state index is 12.9. The number of thioether (sulfide) groups is 1. The second-order valence-corrected chi connectivity index (χ2v) is 9.94. The highest BCUT2D eigenvalue weighted by Crippen LogP contribution is 2.26. The zero-order valence-corrected chi connectivity index (χ0v) is 21.9. The van der Waals surface area contributed by atoms with Crippen LogP contribution in [0.4, 0.5) is 0 Å². The van der Waals surface area contributed by atoms with E-state index in [0.29, 0.717) is 47.0 Å². The number of amides is 2. The van der Waals surface area contributed by atoms with E-state index < -0.39 is 0 Å². The van der Waals surface area contributed by atoms with Crippen LogP contribution in [0.25, 0.3) is 0 Å². The lowest BCUT2D eigenvalue weighted by Crippen LogP contribution is -2.32. The monoisotopic (exact) mass is 513 g/mol. The van der Waals surface area contributed by atoms with Crippen LogP contribution < -0.4 is 10.6 Å². The molecule has 1 heterocycles. The van der Waals surface area contributed by atoms with Crippen molar-refractivity contribution in [2.75, 3.05) is 12.3 Å². The molecule has 7 nitrogen and oxygen atoms in total. The predicted molar refractivity (Wildman–Crippen MR) is 141 cm³/mol. The lowest BCUT2D eigenvalue weighted by atomic mass is 10.0. The van der Waals surface area contributed by atoms with Gasteiger partial charge in [0.05, 0.1) is 22.4 Å². The lowest BCUT2D eigenvalue weighted by Gasteiger charge is -2.21. The molecular weight excluding hydrogens is 482 g/mol. The van der Waals surface area contributed by atoms with Gasteiger partial charge in [-0.2, -0.15) is 0 Å². The van der Waals surface area contributed by atoms with E-state index in [-0.39, 0.29) is 23.6 Å². The fourth-order valence-electron chi connectivity index (χ4n) is 3.72. The second kappa shape index (κ2) is 13.3. The van der Waals surface area contributed by atoms with Gasteiger partial charge >= 0.3 is 0 Å². The molecule has 0 unspecified atom stereocenters. The standard InChI is InChI=1S/C26H32ClN5O2S/c1-4-32-24(22(16-18(2)3)29-25(34)20-12-8-9-13-21(20)27)30-31-26(32)35-17-23(33)28-15-14-19-10-6-5-7-11-19/h5-13,18,22H,4,14-17H2,1-3H3,(H,28,33)(H,29,34)/t22-/m1/s1. The maximum atomic E-state index is 12.9. The minimum absolute atomic E-state index is 0.0520. The number of nitrogens with zero attached hydrogens (tertiary/aromatic N) is 3. The van der Waals surface area contributed by atoms with Crippen molar-refractivity contribution < 1.29 is 9.59 Å². The highest BCUT2D eigenvalue weighted by Gasteiger charge is 2.25. The molecule has 35 heavy (non-hydrogen) atoms. The number of rotatable bonds is 12. The first kappa shape index (κ1) is 26.8. The van der Waals surface area contributed by atoms with Crippen LogP contribution in [0.5, 0.6) is 0 Å². The number of nitrogens with one attached hydrogen (secondary N) is 2. The fraction of sp³-hybridized carbons (Fsp3) is 0.385. The third-order valence-electron chi connectivity index (χ3n) is 5.42. The van der Waals surface area contributed by atoms with Crippen molar-refractivity contribution in [3.63, 3.8) is 0 Å². The Hall–Kier alpha value is -2.84. The molecule has 3 rings (SSSR count). The van der Waals surface area contributed by atoms with E-state index in [2.05, 4.69) is 34.7 Å². The Bertz CT molecular complexity index is 1120. The molecule has 0 spiro atoms. The van der Waals surface area contributed by atoms with E-state index in [1.807, 2.05) is 41.8 Å². The van der Waals surface area contributed by atoms with Crippen LogP contribution in [0.1, 0.15) is 55.0 Å². The van der Waals surface area contributed by atoms with E-state index in [1.54, 1.807) is 24.3 Å². The van der Waals surface area contributed by atoms with E-state index in [1.165, 1.54) is 17.3 Å². The van der Waals surface area contributed by atoms with Gasteiger partial charge in [0.1, 0.15) is 0 Å². The highest BCUT2D eigenvalue weighted by atomic mass is 35.5. The normalized spacial score (nSPS) is 11.9. The number of benzene rings is 2. The Labute approximate surface area is 216 Å². The van der Waals surface area contributed by atoms with E-state index >= 15 is 0 Å². The van der Waals surface area contributed by atoms with Gasteiger partial charge in [-0.3, -0.25) is 9.59 Å². The molecule has 0 aliphatic heterocycles. The summed E-state index contributed by atoms with van der Waals surface area (Å²) in [6.45, 7) is 7.39. The highest BCUT2D eigenvalue weighted by molar-refractivity contribution is 7.99. The third-order valence-corrected chi connectivity index (χ3v) is 6.71. The first-order valence-electron chi connectivity index (χ1n) is 11.8. The summed E-state index contributed by atoms with van der Waals surface area (Å²) in [5, 5.41) is 15.8. The molecule has 0 aliphatic carbocycles. The molecule has 0 saturated carbocycles. The van der Waals surface area contributed by atoms with Crippen molar-refractivity contribution in [3.8, 4) is 0 Å². The molecule has 3 aromatic rings. The molecule has 0 radical (unpaired) electrons. The molecular formula is C26H32ClN5O2S. The van der Waals surface area contributed by atoms with Crippen LogP contribution >= 0.6 is 23.4 Å². The zero-order chi connectivity index (χ0) is 25.2. The van der Waals surface area contributed by atoms with Crippen LogP contribution in [-0.2, 0) is 17.8 Å². The average Bonchev–Trinajstić information content (AvgIpc) is 3.26. The van der Waals surface area contributed by atoms with E-state index in [4.69, 9.17) is 11.6 Å². The molecule has 186 valence electrons. The average molecular weight is 514 g/mol. The Morgan fingerprint density at radius 2 is 1.77 bits per heavy atom. The first-order valence-corrected chi connectivity index (χ1v) is 13.2. The van der Waals surface area contributed by atoms with Crippen molar-refractivity contribution in [3.05, 3.63) is 76.6 Å². The molecule has 0 fully saturated rings. The van der Waals surface area contributed by atoms with Crippen molar-refractivity contribution in [1.82, 2.24) is 25.4 Å². The van der Waals surface area contributed by atoms with E-state index in [0.717, 1.165) is 6.42 Å². The van der Waals surface area contributed by atoms with E-state index in [9.17, 15) is 9.59 Å². The molecule has 9 heteroatoms. The van der Waals surface area contributed by atoms with Crippen molar-refractivity contribution in [1.29, 1.82) is 0 Å². The SMILES string of the molecule is CCn1c(SCC(=O)NCCc2ccccc2)nnc1[C@@H](CC(C)C)NC(=O)c1ccccc1Cl. The fourth-order valence-corrected chi connectivity index (χ4v) is 4.78. The summed E-state index contributed by atoms with van der Waals surface area (Å²) < 4.78 is 1.96. The van der Waals surface area contributed by atoms with Gasteiger partial charge in [-0.25, -0.2) is 0 Å². The Kier molecular flexibility index (Phi) is 10.2. The Morgan fingerprint density at radius 1 is 1.06 bits per heavy atom. The van der Waals surface area contributed by atoms with Crippen LogP contribution in [0, 0.1) is 5.92 Å². The number of hydrogen-bond acceptors (Lipinski definition) is 5. The summed E-state index contributed by atoms with van der Waals surface area (Å²) in [6.07, 6.45) is 1.48. The minimum atomic E-state index is -0.333. The third kappa shape index (κ3) is 7.83. The summed E-state index contributed by atoms with van der Waals surface area (Å²) in [5.74, 6) is 0.935. The van der Waals surface area contributed by atoms with Crippen LogP contribution in [-0.4, -0.2) is 38.9 Å². The van der Waals surface area contributed by atoms with Gasteiger partial charge in [-0.05, 0) is 43.4 Å². The van der Waals surface area contributed by atoms with Gasteiger partial charge in [0.2, 0.25) is 5.91 Å². The van der Waals surface area contributed by atoms with Crippen molar-refractivity contribution in [2.45, 2.75) is 51.4 Å². The largest absolute Gasteiger partial charge is 0.355 e. The van der Waals surface area contributed by atoms with Crippen LogP contribution in [0.2, 0.25) is 5.02 Å². The molecule has 2 N–H and O–H groups in total. The van der Waals surface area contributed by atoms with Gasteiger partial charge in [-0.1, -0.05) is 79.7 Å². The zero-order valence-electron chi connectivity index (χ0n) is 20.3. The van der Waals surface area contributed by atoms with Crippen molar-refractivity contribution >= 4 is 35.2 Å². The Balaban J connectivity index is 1.64. The quantitative estimate of drug-likeness (QED) is 0.335. The summed E-state index contributed by atoms with van der Waals surface area (Å²) in [6, 6.07) is 16.7. The molecule has 2 amide bonds. The number of carbonyl (C=O) groups is 2. The smallest absolute Gasteiger partial charge is 0.253 e. The molecule has 2 aromatic carbocycles. The molecule has 0 saturated heterocycles. The number of aromatic nitrogens is 3. The molecule has 1 atom stereocenters. The number of carbonyl (C=O) groups excluding carboxylic acids is 2. The van der Waals surface area contributed by atoms with Gasteiger partial charge < -0.3 is 15.2 Å². The summed E-state index contributed by atoms with van der Waals surface area (Å²) in [7, 11) is 0. The van der Waals surface area contributed by atoms with Crippen LogP contribution in [0.3, 0.4) is 0 Å². The van der Waals surface area contributed by atoms with Gasteiger partial charge in [0.15, 0.2) is 11.0 Å². The molecule has 0 bridgehead atoms. The number of halogens is 1. The predicted octanol–water partition coefficient (Wildman–Crippen LogP) is 4.92.